The van der Waals surface area contributed by atoms with Crippen molar-refractivity contribution in [2.45, 2.75) is 52.9 Å². The molecular formula is C11H25NO2S. The van der Waals surface area contributed by atoms with Gasteiger partial charge in [0.25, 0.3) is 0 Å². The molecule has 0 aliphatic rings. The Kier molecular flexibility index (Phi) is 8.06. The zero-order valence-electron chi connectivity index (χ0n) is 10.3. The normalized spacial score (nSPS) is 12.3. The van der Waals surface area contributed by atoms with Gasteiger partial charge in [0.2, 0.25) is 10.0 Å². The molecule has 0 heterocycles. The summed E-state index contributed by atoms with van der Waals surface area (Å²) in [7, 11) is -2.98. The molecule has 0 unspecified atom stereocenters. The first-order chi connectivity index (χ1) is 7.08. The maximum absolute atomic E-state index is 11.9. The van der Waals surface area contributed by atoms with E-state index in [1.807, 2.05) is 6.92 Å². The highest BCUT2D eigenvalue weighted by Gasteiger charge is 2.19. The average Bonchev–Trinajstić information content (AvgIpc) is 2.17. The van der Waals surface area contributed by atoms with Crippen LogP contribution in [0.4, 0.5) is 0 Å². The van der Waals surface area contributed by atoms with Crippen molar-refractivity contribution in [3.8, 4) is 0 Å². The Morgan fingerprint density at radius 3 is 1.67 bits per heavy atom. The van der Waals surface area contributed by atoms with E-state index in [1.54, 1.807) is 4.31 Å². The lowest BCUT2D eigenvalue weighted by Gasteiger charge is -2.21. The smallest absolute Gasteiger partial charge is 0.212 e. The van der Waals surface area contributed by atoms with Crippen LogP contribution in [-0.4, -0.2) is 31.6 Å². The van der Waals surface area contributed by atoms with E-state index in [9.17, 15) is 8.42 Å². The van der Waals surface area contributed by atoms with E-state index in [1.165, 1.54) is 0 Å². The van der Waals surface area contributed by atoms with Crippen molar-refractivity contribution in [1.82, 2.24) is 4.31 Å². The van der Waals surface area contributed by atoms with Gasteiger partial charge in [-0.3, -0.25) is 0 Å². The quantitative estimate of drug-likeness (QED) is 0.616. The minimum atomic E-state index is -2.98. The van der Waals surface area contributed by atoms with Crippen molar-refractivity contribution in [2.75, 3.05) is 18.8 Å². The Morgan fingerprint density at radius 2 is 1.33 bits per heavy atom. The molecule has 0 saturated carbocycles. The molecule has 0 bridgehead atoms. The molecular weight excluding hydrogens is 210 g/mol. The minimum absolute atomic E-state index is 0.292. The number of hydrogen-bond acceptors (Lipinski definition) is 2. The van der Waals surface area contributed by atoms with Gasteiger partial charge < -0.3 is 0 Å². The first-order valence-corrected chi connectivity index (χ1v) is 7.67. The van der Waals surface area contributed by atoms with Crippen LogP contribution in [-0.2, 0) is 10.0 Å². The van der Waals surface area contributed by atoms with Gasteiger partial charge in [-0.1, -0.05) is 33.6 Å². The molecule has 92 valence electrons. The van der Waals surface area contributed by atoms with Gasteiger partial charge in [-0.05, 0) is 19.3 Å². The largest absolute Gasteiger partial charge is 0.214 e. The fourth-order valence-electron chi connectivity index (χ4n) is 1.45. The van der Waals surface area contributed by atoms with Crippen LogP contribution in [0.15, 0.2) is 0 Å². The van der Waals surface area contributed by atoms with Crippen LogP contribution in [0.25, 0.3) is 0 Å². The first kappa shape index (κ1) is 14.9. The summed E-state index contributed by atoms with van der Waals surface area (Å²) in [6.45, 7) is 7.47. The number of sulfonamides is 1. The van der Waals surface area contributed by atoms with Crippen LogP contribution in [0.1, 0.15) is 52.9 Å². The van der Waals surface area contributed by atoms with Crippen LogP contribution in [0.5, 0.6) is 0 Å². The molecule has 0 saturated heterocycles. The first-order valence-electron chi connectivity index (χ1n) is 6.06. The Labute approximate surface area is 94.9 Å². The van der Waals surface area contributed by atoms with Crippen LogP contribution >= 0.6 is 0 Å². The Bertz CT molecular complexity index is 229. The second kappa shape index (κ2) is 8.11. The number of unbranched alkanes of at least 4 members (excludes halogenated alkanes) is 2. The second-order valence-electron chi connectivity index (χ2n) is 3.92. The molecule has 0 fully saturated rings. The molecule has 0 rings (SSSR count). The van der Waals surface area contributed by atoms with Gasteiger partial charge in [-0.15, -0.1) is 0 Å². The predicted molar refractivity (Wildman–Crippen MR) is 65.5 cm³/mol. The number of rotatable bonds is 9. The topological polar surface area (TPSA) is 37.4 Å². The van der Waals surface area contributed by atoms with E-state index < -0.39 is 10.0 Å². The molecule has 0 spiro atoms. The van der Waals surface area contributed by atoms with Gasteiger partial charge in [0.05, 0.1) is 5.75 Å². The lowest BCUT2D eigenvalue weighted by molar-refractivity contribution is 0.395. The van der Waals surface area contributed by atoms with E-state index in [4.69, 9.17) is 0 Å². The SMILES string of the molecule is CCCCN(CCCC)S(=O)(=O)CCC. The molecule has 0 amide bonds. The van der Waals surface area contributed by atoms with Crippen molar-refractivity contribution in [1.29, 1.82) is 0 Å². The summed E-state index contributed by atoms with van der Waals surface area (Å²) in [5.41, 5.74) is 0. The lowest BCUT2D eigenvalue weighted by Crippen LogP contribution is -2.34. The molecule has 0 N–H and O–H groups in total. The molecule has 0 aliphatic carbocycles. The molecule has 4 heteroatoms. The maximum atomic E-state index is 11.9. The molecule has 0 aromatic carbocycles. The van der Waals surface area contributed by atoms with Crippen molar-refractivity contribution >= 4 is 10.0 Å². The Balaban J connectivity index is 4.32. The third-order valence-electron chi connectivity index (χ3n) is 2.38. The summed E-state index contributed by atoms with van der Waals surface area (Å²) in [6.07, 6.45) is 4.73. The third kappa shape index (κ3) is 6.15. The highest BCUT2D eigenvalue weighted by molar-refractivity contribution is 7.89. The standard InChI is InChI=1S/C11H25NO2S/c1-4-7-9-12(10-8-5-2)15(13,14)11-6-3/h4-11H2,1-3H3. The summed E-state index contributed by atoms with van der Waals surface area (Å²) < 4.78 is 25.4. The second-order valence-corrected chi connectivity index (χ2v) is 6.01. The molecule has 0 radical (unpaired) electrons. The van der Waals surface area contributed by atoms with Gasteiger partial charge in [0, 0.05) is 13.1 Å². The molecule has 3 nitrogen and oxygen atoms in total. The van der Waals surface area contributed by atoms with E-state index >= 15 is 0 Å². The molecule has 0 aromatic heterocycles. The zero-order valence-corrected chi connectivity index (χ0v) is 11.1. The van der Waals surface area contributed by atoms with Crippen LogP contribution in [0, 0.1) is 0 Å². The van der Waals surface area contributed by atoms with Crippen LogP contribution in [0.2, 0.25) is 0 Å². The van der Waals surface area contributed by atoms with Crippen molar-refractivity contribution < 1.29 is 8.42 Å². The van der Waals surface area contributed by atoms with Crippen LogP contribution in [0.3, 0.4) is 0 Å². The van der Waals surface area contributed by atoms with E-state index in [2.05, 4.69) is 13.8 Å². The summed E-state index contributed by atoms with van der Waals surface area (Å²) in [4.78, 5) is 0. The van der Waals surface area contributed by atoms with Crippen molar-refractivity contribution in [3.05, 3.63) is 0 Å². The minimum Gasteiger partial charge on any atom is -0.212 e. The summed E-state index contributed by atoms with van der Waals surface area (Å²) in [5.74, 6) is 0.292. The lowest BCUT2D eigenvalue weighted by atomic mass is 10.3. The van der Waals surface area contributed by atoms with Gasteiger partial charge in [0.1, 0.15) is 0 Å². The van der Waals surface area contributed by atoms with Gasteiger partial charge in [0.15, 0.2) is 0 Å². The van der Waals surface area contributed by atoms with E-state index in [0.29, 0.717) is 25.3 Å². The fourth-order valence-corrected chi connectivity index (χ4v) is 3.03. The zero-order chi connectivity index (χ0) is 11.7. The van der Waals surface area contributed by atoms with E-state index in [0.717, 1.165) is 25.7 Å². The number of nitrogens with zero attached hydrogens (tertiary/aromatic N) is 1. The summed E-state index contributed by atoms with van der Waals surface area (Å²) in [6, 6.07) is 0. The fraction of sp³-hybridized carbons (Fsp3) is 1.00. The van der Waals surface area contributed by atoms with Crippen molar-refractivity contribution in [3.63, 3.8) is 0 Å². The number of hydrogen-bond donors (Lipinski definition) is 0. The maximum Gasteiger partial charge on any atom is 0.214 e. The van der Waals surface area contributed by atoms with Crippen molar-refractivity contribution in [2.24, 2.45) is 0 Å². The summed E-state index contributed by atoms with van der Waals surface area (Å²) in [5, 5.41) is 0. The highest BCUT2D eigenvalue weighted by Crippen LogP contribution is 2.07. The van der Waals surface area contributed by atoms with E-state index in [-0.39, 0.29) is 0 Å². The van der Waals surface area contributed by atoms with Crippen LogP contribution < -0.4 is 0 Å². The molecule has 0 atom stereocenters. The van der Waals surface area contributed by atoms with Gasteiger partial charge in [-0.25, -0.2) is 12.7 Å². The predicted octanol–water partition coefficient (Wildman–Crippen LogP) is 2.63. The third-order valence-corrected chi connectivity index (χ3v) is 4.45. The molecule has 15 heavy (non-hydrogen) atoms. The van der Waals surface area contributed by atoms with Gasteiger partial charge >= 0.3 is 0 Å². The highest BCUT2D eigenvalue weighted by atomic mass is 32.2. The monoisotopic (exact) mass is 235 g/mol. The Morgan fingerprint density at radius 1 is 0.867 bits per heavy atom. The average molecular weight is 235 g/mol. The molecule has 0 aromatic rings. The molecule has 0 aliphatic heterocycles. The summed E-state index contributed by atoms with van der Waals surface area (Å²) >= 11 is 0. The Hall–Kier alpha value is -0.0900. The van der Waals surface area contributed by atoms with Gasteiger partial charge in [-0.2, -0.15) is 0 Å².